The first-order chi connectivity index (χ1) is 10.1. The highest BCUT2D eigenvalue weighted by Gasteiger charge is 2.20. The molecular formula is C17H19ClFNO. The van der Waals surface area contributed by atoms with Crippen molar-refractivity contribution in [2.24, 2.45) is 5.73 Å². The molecule has 0 aliphatic carbocycles. The molecule has 0 amide bonds. The fourth-order valence-electron chi connectivity index (χ4n) is 2.16. The highest BCUT2D eigenvalue weighted by Crippen LogP contribution is 2.26. The Morgan fingerprint density at radius 2 is 1.95 bits per heavy atom. The summed E-state index contributed by atoms with van der Waals surface area (Å²) in [4.78, 5) is 0. The molecule has 0 radical (unpaired) electrons. The number of hydrogen-bond donors (Lipinski definition) is 1. The molecule has 2 N–H and O–H groups in total. The number of ether oxygens (including phenoxy) is 1. The molecule has 2 rings (SSSR count). The van der Waals surface area contributed by atoms with Crippen LogP contribution in [0.2, 0.25) is 5.02 Å². The van der Waals surface area contributed by atoms with Gasteiger partial charge in [0.1, 0.15) is 5.82 Å². The van der Waals surface area contributed by atoms with E-state index < -0.39 is 0 Å². The van der Waals surface area contributed by atoms with Crippen molar-refractivity contribution in [3.63, 3.8) is 0 Å². The van der Waals surface area contributed by atoms with Crippen molar-refractivity contribution in [3.8, 4) is 0 Å². The van der Waals surface area contributed by atoms with Gasteiger partial charge in [-0.3, -0.25) is 0 Å². The van der Waals surface area contributed by atoms with Crippen LogP contribution in [0.25, 0.3) is 0 Å². The highest BCUT2D eigenvalue weighted by atomic mass is 35.5. The lowest BCUT2D eigenvalue weighted by molar-refractivity contribution is 0.0211. The van der Waals surface area contributed by atoms with Crippen molar-refractivity contribution in [1.29, 1.82) is 0 Å². The average molecular weight is 308 g/mol. The summed E-state index contributed by atoms with van der Waals surface area (Å²) in [5.74, 6) is -0.290. The number of nitrogens with two attached hydrogens (primary N) is 1. The van der Waals surface area contributed by atoms with Crippen LogP contribution in [0.15, 0.2) is 48.5 Å². The Balaban J connectivity index is 2.16. The lowest BCUT2D eigenvalue weighted by Gasteiger charge is -2.24. The first-order valence-corrected chi connectivity index (χ1v) is 7.35. The maximum absolute atomic E-state index is 13.4. The zero-order valence-corrected chi connectivity index (χ0v) is 12.7. The second-order valence-corrected chi connectivity index (χ2v) is 5.36. The molecule has 0 aliphatic rings. The van der Waals surface area contributed by atoms with E-state index in [4.69, 9.17) is 22.1 Å². The molecule has 0 fully saturated rings. The van der Waals surface area contributed by atoms with E-state index in [2.05, 4.69) is 0 Å². The minimum atomic E-state index is -0.359. The minimum Gasteiger partial charge on any atom is -0.367 e. The van der Waals surface area contributed by atoms with E-state index in [1.54, 1.807) is 6.07 Å². The lowest BCUT2D eigenvalue weighted by atomic mass is 10.0. The Hall–Kier alpha value is -1.42. The SMILES string of the molecule is CCC(N)C(OCc1ccccc1Cl)c1cccc(F)c1. The third-order valence-electron chi connectivity index (χ3n) is 3.41. The molecule has 0 saturated carbocycles. The van der Waals surface area contributed by atoms with E-state index in [0.29, 0.717) is 11.6 Å². The molecule has 21 heavy (non-hydrogen) atoms. The van der Waals surface area contributed by atoms with Gasteiger partial charge in [-0.25, -0.2) is 4.39 Å². The molecule has 2 unspecified atom stereocenters. The molecule has 0 aliphatic heterocycles. The summed E-state index contributed by atoms with van der Waals surface area (Å²) in [6.07, 6.45) is 0.380. The number of benzene rings is 2. The smallest absolute Gasteiger partial charge is 0.123 e. The Morgan fingerprint density at radius 3 is 2.62 bits per heavy atom. The summed E-state index contributed by atoms with van der Waals surface area (Å²) >= 11 is 6.12. The zero-order valence-electron chi connectivity index (χ0n) is 11.9. The van der Waals surface area contributed by atoms with Crippen molar-refractivity contribution in [1.82, 2.24) is 0 Å². The van der Waals surface area contributed by atoms with E-state index in [1.165, 1.54) is 12.1 Å². The van der Waals surface area contributed by atoms with Gasteiger partial charge in [-0.1, -0.05) is 48.9 Å². The average Bonchev–Trinajstić information content (AvgIpc) is 2.49. The van der Waals surface area contributed by atoms with Gasteiger partial charge < -0.3 is 10.5 Å². The number of halogens is 2. The second kappa shape index (κ2) is 7.55. The van der Waals surface area contributed by atoms with Crippen molar-refractivity contribution >= 4 is 11.6 Å². The summed E-state index contributed by atoms with van der Waals surface area (Å²) < 4.78 is 19.3. The van der Waals surface area contributed by atoms with Crippen LogP contribution in [0.5, 0.6) is 0 Å². The minimum absolute atomic E-state index is 0.200. The van der Waals surface area contributed by atoms with Crippen LogP contribution in [0.3, 0.4) is 0 Å². The standard InChI is InChI=1S/C17H19ClFNO/c1-2-16(20)17(12-7-5-8-14(19)10-12)21-11-13-6-3-4-9-15(13)18/h3-10,16-17H,2,11,20H2,1H3. The van der Waals surface area contributed by atoms with E-state index in [9.17, 15) is 4.39 Å². The van der Waals surface area contributed by atoms with Crippen LogP contribution in [-0.2, 0) is 11.3 Å². The molecular weight excluding hydrogens is 289 g/mol. The predicted octanol–water partition coefficient (Wildman–Crippen LogP) is 4.47. The Bertz CT molecular complexity index is 591. The van der Waals surface area contributed by atoms with Crippen molar-refractivity contribution in [2.75, 3.05) is 0 Å². The molecule has 0 aromatic heterocycles. The van der Waals surface area contributed by atoms with Gasteiger partial charge >= 0.3 is 0 Å². The van der Waals surface area contributed by atoms with Crippen molar-refractivity contribution in [3.05, 3.63) is 70.5 Å². The summed E-state index contributed by atoms with van der Waals surface area (Å²) in [7, 11) is 0. The first-order valence-electron chi connectivity index (χ1n) is 6.98. The summed E-state index contributed by atoms with van der Waals surface area (Å²) in [6.45, 7) is 2.32. The summed E-state index contributed by atoms with van der Waals surface area (Å²) in [5, 5.41) is 0.653. The largest absolute Gasteiger partial charge is 0.367 e. The molecule has 2 aromatic rings. The lowest BCUT2D eigenvalue weighted by Crippen LogP contribution is -2.29. The van der Waals surface area contributed by atoms with Crippen LogP contribution in [0.4, 0.5) is 4.39 Å². The fraction of sp³-hybridized carbons (Fsp3) is 0.294. The third kappa shape index (κ3) is 4.27. The van der Waals surface area contributed by atoms with Crippen LogP contribution < -0.4 is 5.73 Å². The molecule has 2 aromatic carbocycles. The van der Waals surface area contributed by atoms with Gasteiger partial charge in [0.25, 0.3) is 0 Å². The predicted molar refractivity (Wildman–Crippen MR) is 83.6 cm³/mol. The summed E-state index contributed by atoms with van der Waals surface area (Å²) in [6, 6.07) is 13.7. The second-order valence-electron chi connectivity index (χ2n) is 4.95. The molecule has 0 heterocycles. The van der Waals surface area contributed by atoms with Gasteiger partial charge in [0.2, 0.25) is 0 Å². The summed E-state index contributed by atoms with van der Waals surface area (Å²) in [5.41, 5.74) is 7.76. The normalized spacial score (nSPS) is 13.9. The van der Waals surface area contributed by atoms with E-state index in [0.717, 1.165) is 17.5 Å². The third-order valence-corrected chi connectivity index (χ3v) is 3.78. The van der Waals surface area contributed by atoms with Crippen LogP contribution in [-0.4, -0.2) is 6.04 Å². The van der Waals surface area contributed by atoms with Crippen LogP contribution >= 0.6 is 11.6 Å². The van der Waals surface area contributed by atoms with Crippen molar-refractivity contribution in [2.45, 2.75) is 32.1 Å². The van der Waals surface area contributed by atoms with E-state index >= 15 is 0 Å². The van der Waals surface area contributed by atoms with Gasteiger partial charge in [0.15, 0.2) is 0 Å². The Kier molecular flexibility index (Phi) is 5.74. The Labute approximate surface area is 129 Å². The molecule has 0 bridgehead atoms. The van der Waals surface area contributed by atoms with E-state index in [1.807, 2.05) is 37.3 Å². The maximum Gasteiger partial charge on any atom is 0.123 e. The molecule has 4 heteroatoms. The maximum atomic E-state index is 13.4. The van der Waals surface area contributed by atoms with Gasteiger partial charge in [0.05, 0.1) is 12.7 Å². The number of hydrogen-bond acceptors (Lipinski definition) is 2. The van der Waals surface area contributed by atoms with E-state index in [-0.39, 0.29) is 18.0 Å². The number of rotatable bonds is 6. The van der Waals surface area contributed by atoms with Crippen molar-refractivity contribution < 1.29 is 9.13 Å². The van der Waals surface area contributed by atoms with Crippen LogP contribution in [0.1, 0.15) is 30.6 Å². The monoisotopic (exact) mass is 307 g/mol. The quantitative estimate of drug-likeness (QED) is 0.854. The molecule has 2 nitrogen and oxygen atoms in total. The first kappa shape index (κ1) is 16.0. The molecule has 0 spiro atoms. The van der Waals surface area contributed by atoms with Gasteiger partial charge in [0, 0.05) is 11.1 Å². The molecule has 2 atom stereocenters. The molecule has 112 valence electrons. The topological polar surface area (TPSA) is 35.2 Å². The van der Waals surface area contributed by atoms with Gasteiger partial charge in [-0.15, -0.1) is 0 Å². The Morgan fingerprint density at radius 1 is 1.19 bits per heavy atom. The fourth-order valence-corrected chi connectivity index (χ4v) is 2.35. The van der Waals surface area contributed by atoms with Gasteiger partial charge in [-0.05, 0) is 35.7 Å². The van der Waals surface area contributed by atoms with Gasteiger partial charge in [-0.2, -0.15) is 0 Å². The molecule has 0 saturated heterocycles. The highest BCUT2D eigenvalue weighted by molar-refractivity contribution is 6.31. The van der Waals surface area contributed by atoms with Crippen LogP contribution in [0, 0.1) is 5.82 Å². The zero-order chi connectivity index (χ0) is 15.2.